The summed E-state index contributed by atoms with van der Waals surface area (Å²) in [6.07, 6.45) is 3.15. The van der Waals surface area contributed by atoms with Crippen molar-refractivity contribution in [2.24, 2.45) is 0 Å². The number of aromatic nitrogens is 1. The van der Waals surface area contributed by atoms with E-state index in [1.165, 1.54) is 0 Å². The second-order valence-corrected chi connectivity index (χ2v) is 5.20. The van der Waals surface area contributed by atoms with E-state index in [2.05, 4.69) is 10.3 Å². The Hall–Kier alpha value is -2.11. The summed E-state index contributed by atoms with van der Waals surface area (Å²) in [6, 6.07) is 2.72. The summed E-state index contributed by atoms with van der Waals surface area (Å²) in [5.41, 5.74) is 0.895. The number of ether oxygens (including phenoxy) is 1. The molecule has 114 valence electrons. The predicted molar refractivity (Wildman–Crippen MR) is 77.6 cm³/mol. The van der Waals surface area contributed by atoms with Crippen LogP contribution < -0.4 is 10.1 Å². The fraction of sp³-hybridized carbons (Fsp3) is 0.533. The first-order chi connectivity index (χ1) is 10.1. The average molecular weight is 291 g/mol. The van der Waals surface area contributed by atoms with E-state index in [4.69, 9.17) is 4.74 Å². The normalized spacial score (nSPS) is 22.1. The predicted octanol–water partition coefficient (Wildman–Crippen LogP) is 1.11. The number of nitrogens with one attached hydrogen (secondary N) is 1. The number of piperazine rings is 1. The number of carbonyl (C=O) groups excluding carboxylic acids is 2. The molecule has 1 aliphatic rings. The molecule has 2 heterocycles. The van der Waals surface area contributed by atoms with Gasteiger partial charge < -0.3 is 15.0 Å². The van der Waals surface area contributed by atoms with E-state index in [-0.39, 0.29) is 11.8 Å². The maximum atomic E-state index is 12.5. The molecule has 6 heteroatoms. The number of carbonyl (C=O) groups is 2. The quantitative estimate of drug-likeness (QED) is 0.882. The maximum absolute atomic E-state index is 12.5. The van der Waals surface area contributed by atoms with Crippen molar-refractivity contribution in [3.63, 3.8) is 0 Å². The van der Waals surface area contributed by atoms with Crippen LogP contribution in [0.15, 0.2) is 18.3 Å². The van der Waals surface area contributed by atoms with Crippen molar-refractivity contribution in [3.8, 4) is 5.88 Å². The number of hydrogen-bond donors (Lipinski definition) is 1. The number of rotatable bonds is 5. The second kappa shape index (κ2) is 6.56. The minimum Gasteiger partial charge on any atom is -0.481 e. The first-order valence-corrected chi connectivity index (χ1v) is 7.16. The molecule has 2 amide bonds. The van der Waals surface area contributed by atoms with Crippen LogP contribution in [0.4, 0.5) is 0 Å². The van der Waals surface area contributed by atoms with Gasteiger partial charge in [0.1, 0.15) is 12.1 Å². The molecule has 2 rings (SSSR count). The van der Waals surface area contributed by atoms with Crippen LogP contribution in [0.5, 0.6) is 5.88 Å². The largest absolute Gasteiger partial charge is 0.481 e. The fourth-order valence-electron chi connectivity index (χ4n) is 2.44. The van der Waals surface area contributed by atoms with Gasteiger partial charge in [-0.25, -0.2) is 4.98 Å². The average Bonchev–Trinajstić information content (AvgIpc) is 2.49. The van der Waals surface area contributed by atoms with Crippen LogP contribution in [-0.4, -0.2) is 40.9 Å². The van der Waals surface area contributed by atoms with Crippen molar-refractivity contribution in [1.29, 1.82) is 0 Å². The lowest BCUT2D eigenvalue weighted by Crippen LogP contribution is -2.61. The number of methoxy groups -OCH3 is 1. The molecule has 1 aromatic heterocycles. The Labute approximate surface area is 124 Å². The monoisotopic (exact) mass is 291 g/mol. The summed E-state index contributed by atoms with van der Waals surface area (Å²) >= 11 is 0. The van der Waals surface area contributed by atoms with Crippen LogP contribution in [0.25, 0.3) is 0 Å². The van der Waals surface area contributed by atoms with E-state index in [1.807, 2.05) is 13.0 Å². The molecular formula is C15H21N3O3. The van der Waals surface area contributed by atoms with Gasteiger partial charge in [0.2, 0.25) is 17.7 Å². The van der Waals surface area contributed by atoms with Gasteiger partial charge in [0, 0.05) is 18.8 Å². The van der Waals surface area contributed by atoms with Crippen molar-refractivity contribution in [2.75, 3.05) is 7.11 Å². The standard InChI is InChI=1S/C15H21N3O3/c1-4-5-12-15(20)18(10(2)14(19)17-12)9-11-6-7-16-13(8-11)21-3/h6-8,10,12H,4-5,9H2,1-3H3,(H,17,19). The highest BCUT2D eigenvalue weighted by Crippen LogP contribution is 2.18. The first-order valence-electron chi connectivity index (χ1n) is 7.16. The summed E-state index contributed by atoms with van der Waals surface area (Å²) in [5, 5.41) is 2.79. The van der Waals surface area contributed by atoms with Crippen LogP contribution in [0.3, 0.4) is 0 Å². The molecule has 21 heavy (non-hydrogen) atoms. The van der Waals surface area contributed by atoms with Crippen LogP contribution >= 0.6 is 0 Å². The second-order valence-electron chi connectivity index (χ2n) is 5.20. The summed E-state index contributed by atoms with van der Waals surface area (Å²) < 4.78 is 5.08. The highest BCUT2D eigenvalue weighted by molar-refractivity contribution is 5.96. The zero-order valence-corrected chi connectivity index (χ0v) is 12.6. The minimum atomic E-state index is -0.468. The van der Waals surface area contributed by atoms with E-state index in [9.17, 15) is 9.59 Å². The van der Waals surface area contributed by atoms with Gasteiger partial charge in [-0.15, -0.1) is 0 Å². The van der Waals surface area contributed by atoms with Crippen LogP contribution in [0.2, 0.25) is 0 Å². The molecule has 1 fully saturated rings. The number of hydrogen-bond acceptors (Lipinski definition) is 4. The van der Waals surface area contributed by atoms with Crippen molar-refractivity contribution in [3.05, 3.63) is 23.9 Å². The summed E-state index contributed by atoms with van der Waals surface area (Å²) in [5.74, 6) is 0.368. The number of amides is 2. The molecule has 0 radical (unpaired) electrons. The topological polar surface area (TPSA) is 71.5 Å². The number of pyridine rings is 1. The molecule has 1 aromatic rings. The Bertz CT molecular complexity index is 533. The molecule has 2 atom stereocenters. The minimum absolute atomic E-state index is 0.0280. The fourth-order valence-corrected chi connectivity index (χ4v) is 2.44. The third-order valence-electron chi connectivity index (χ3n) is 3.68. The molecule has 0 saturated carbocycles. The molecule has 1 aliphatic heterocycles. The summed E-state index contributed by atoms with van der Waals surface area (Å²) in [6.45, 7) is 4.12. The van der Waals surface area contributed by atoms with Crippen molar-refractivity contribution in [1.82, 2.24) is 15.2 Å². The summed E-state index contributed by atoms with van der Waals surface area (Å²) in [7, 11) is 1.55. The lowest BCUT2D eigenvalue weighted by atomic mass is 10.0. The van der Waals surface area contributed by atoms with Gasteiger partial charge in [-0.1, -0.05) is 13.3 Å². The zero-order chi connectivity index (χ0) is 15.4. The Morgan fingerprint density at radius 3 is 2.86 bits per heavy atom. The van der Waals surface area contributed by atoms with Crippen molar-refractivity contribution >= 4 is 11.8 Å². The van der Waals surface area contributed by atoms with Gasteiger partial charge in [-0.3, -0.25) is 9.59 Å². The van der Waals surface area contributed by atoms with E-state index >= 15 is 0 Å². The zero-order valence-electron chi connectivity index (χ0n) is 12.6. The Kier molecular flexibility index (Phi) is 4.77. The summed E-state index contributed by atoms with van der Waals surface area (Å²) in [4.78, 5) is 30.2. The smallest absolute Gasteiger partial charge is 0.246 e. The van der Waals surface area contributed by atoms with Gasteiger partial charge in [-0.05, 0) is 25.0 Å². The van der Waals surface area contributed by atoms with Crippen molar-refractivity contribution < 1.29 is 14.3 Å². The first kappa shape index (κ1) is 15.3. The Morgan fingerprint density at radius 2 is 2.19 bits per heavy atom. The Balaban J connectivity index is 2.18. The van der Waals surface area contributed by atoms with Crippen LogP contribution in [-0.2, 0) is 16.1 Å². The third-order valence-corrected chi connectivity index (χ3v) is 3.68. The Morgan fingerprint density at radius 1 is 1.43 bits per heavy atom. The van der Waals surface area contributed by atoms with E-state index in [0.29, 0.717) is 18.8 Å². The van der Waals surface area contributed by atoms with E-state index in [0.717, 1.165) is 12.0 Å². The van der Waals surface area contributed by atoms with Crippen molar-refractivity contribution in [2.45, 2.75) is 45.3 Å². The lowest BCUT2D eigenvalue weighted by Gasteiger charge is -2.37. The van der Waals surface area contributed by atoms with Crippen LogP contribution in [0.1, 0.15) is 32.3 Å². The molecule has 2 unspecified atom stereocenters. The third kappa shape index (κ3) is 3.32. The SMILES string of the molecule is CCCC1NC(=O)C(C)N(Cc2ccnc(OC)c2)C1=O. The molecular weight excluding hydrogens is 270 g/mol. The molecule has 0 aliphatic carbocycles. The van der Waals surface area contributed by atoms with E-state index < -0.39 is 12.1 Å². The van der Waals surface area contributed by atoms with Gasteiger partial charge in [0.25, 0.3) is 0 Å². The molecule has 1 N–H and O–H groups in total. The molecule has 0 spiro atoms. The molecule has 0 aromatic carbocycles. The molecule has 0 bridgehead atoms. The van der Waals surface area contributed by atoms with Crippen LogP contribution in [0, 0.1) is 0 Å². The van der Waals surface area contributed by atoms with Gasteiger partial charge >= 0.3 is 0 Å². The van der Waals surface area contributed by atoms with Gasteiger partial charge in [0.15, 0.2) is 0 Å². The van der Waals surface area contributed by atoms with E-state index in [1.54, 1.807) is 31.2 Å². The highest BCUT2D eigenvalue weighted by atomic mass is 16.5. The lowest BCUT2D eigenvalue weighted by molar-refractivity contribution is -0.149. The number of nitrogens with zero attached hydrogens (tertiary/aromatic N) is 2. The molecule has 1 saturated heterocycles. The maximum Gasteiger partial charge on any atom is 0.246 e. The molecule has 6 nitrogen and oxygen atoms in total. The van der Waals surface area contributed by atoms with Gasteiger partial charge in [0.05, 0.1) is 7.11 Å². The van der Waals surface area contributed by atoms with Gasteiger partial charge in [-0.2, -0.15) is 0 Å². The highest BCUT2D eigenvalue weighted by Gasteiger charge is 2.37.